The second-order valence-electron chi connectivity index (χ2n) is 5.04. The summed E-state index contributed by atoms with van der Waals surface area (Å²) in [6.07, 6.45) is 1.10. The third-order valence-corrected chi connectivity index (χ3v) is 3.60. The van der Waals surface area contributed by atoms with Crippen LogP contribution in [0, 0.1) is 5.82 Å². The average Bonchev–Trinajstić information content (AvgIpc) is 2.67. The van der Waals surface area contributed by atoms with E-state index in [9.17, 15) is 4.39 Å². The van der Waals surface area contributed by atoms with Crippen LogP contribution >= 0.6 is 0 Å². The van der Waals surface area contributed by atoms with Gasteiger partial charge in [-0.05, 0) is 31.6 Å². The van der Waals surface area contributed by atoms with E-state index < -0.39 is 0 Å². The van der Waals surface area contributed by atoms with Crippen molar-refractivity contribution in [3.63, 3.8) is 0 Å². The molecule has 0 atom stereocenters. The van der Waals surface area contributed by atoms with E-state index in [1.54, 1.807) is 18.2 Å². The minimum Gasteiger partial charge on any atom is -0.489 e. The minimum absolute atomic E-state index is 0.219. The van der Waals surface area contributed by atoms with Gasteiger partial charge in [-0.25, -0.2) is 4.39 Å². The van der Waals surface area contributed by atoms with Crippen molar-refractivity contribution in [3.8, 4) is 5.75 Å². The predicted molar refractivity (Wildman–Crippen MR) is 76.5 cm³/mol. The SMILES string of the molecule is OCCN1CCCN(CCOc2ccccc2F)CC1. The van der Waals surface area contributed by atoms with E-state index in [1.807, 2.05) is 0 Å². The van der Waals surface area contributed by atoms with Gasteiger partial charge < -0.3 is 9.84 Å². The number of rotatable bonds is 6. The topological polar surface area (TPSA) is 35.9 Å². The highest BCUT2D eigenvalue weighted by Gasteiger charge is 2.14. The van der Waals surface area contributed by atoms with Crippen LogP contribution in [0.1, 0.15) is 6.42 Å². The van der Waals surface area contributed by atoms with Gasteiger partial charge in [0.1, 0.15) is 6.61 Å². The number of ether oxygens (including phenoxy) is 1. The highest BCUT2D eigenvalue weighted by Crippen LogP contribution is 2.15. The fourth-order valence-corrected chi connectivity index (χ4v) is 2.46. The minimum atomic E-state index is -0.308. The Kier molecular flexibility index (Phi) is 6.24. The highest BCUT2D eigenvalue weighted by molar-refractivity contribution is 5.23. The Morgan fingerprint density at radius 2 is 1.75 bits per heavy atom. The number of nitrogens with zero attached hydrogens (tertiary/aromatic N) is 2. The second kappa shape index (κ2) is 8.19. The molecule has 0 aromatic heterocycles. The molecule has 112 valence electrons. The number of hydrogen-bond donors (Lipinski definition) is 1. The monoisotopic (exact) mass is 282 g/mol. The number of halogens is 1. The lowest BCUT2D eigenvalue weighted by molar-refractivity contribution is 0.187. The van der Waals surface area contributed by atoms with E-state index >= 15 is 0 Å². The Labute approximate surface area is 119 Å². The largest absolute Gasteiger partial charge is 0.489 e. The highest BCUT2D eigenvalue weighted by atomic mass is 19.1. The van der Waals surface area contributed by atoms with Gasteiger partial charge in [-0.15, -0.1) is 0 Å². The average molecular weight is 282 g/mol. The summed E-state index contributed by atoms with van der Waals surface area (Å²) < 4.78 is 18.9. The zero-order valence-corrected chi connectivity index (χ0v) is 11.8. The van der Waals surface area contributed by atoms with Gasteiger partial charge in [0.2, 0.25) is 0 Å². The van der Waals surface area contributed by atoms with Crippen molar-refractivity contribution in [2.24, 2.45) is 0 Å². The lowest BCUT2D eigenvalue weighted by atomic mass is 10.3. The Morgan fingerprint density at radius 1 is 1.05 bits per heavy atom. The summed E-state index contributed by atoms with van der Waals surface area (Å²) in [6, 6.07) is 6.50. The molecule has 1 aromatic rings. The molecule has 4 nitrogen and oxygen atoms in total. The number of aliphatic hydroxyl groups is 1. The first kappa shape index (κ1) is 15.2. The maximum absolute atomic E-state index is 13.4. The first-order valence-electron chi connectivity index (χ1n) is 7.22. The molecular formula is C15H23FN2O2. The molecule has 20 heavy (non-hydrogen) atoms. The van der Waals surface area contributed by atoms with Crippen LogP contribution in [0.3, 0.4) is 0 Å². The molecule has 1 saturated heterocycles. The number of para-hydroxylation sites is 1. The molecule has 0 radical (unpaired) electrons. The Morgan fingerprint density at radius 3 is 2.45 bits per heavy atom. The van der Waals surface area contributed by atoms with Gasteiger partial charge >= 0.3 is 0 Å². The third kappa shape index (κ3) is 4.74. The molecule has 1 aliphatic heterocycles. The van der Waals surface area contributed by atoms with Crippen molar-refractivity contribution >= 4 is 0 Å². The molecule has 1 N–H and O–H groups in total. The van der Waals surface area contributed by atoms with Gasteiger partial charge in [-0.3, -0.25) is 9.80 Å². The van der Waals surface area contributed by atoms with Crippen LogP contribution in [0.15, 0.2) is 24.3 Å². The van der Waals surface area contributed by atoms with Crippen LogP contribution in [0.5, 0.6) is 5.75 Å². The molecule has 1 fully saturated rings. The van der Waals surface area contributed by atoms with Crippen LogP contribution in [-0.4, -0.2) is 67.4 Å². The summed E-state index contributed by atoms with van der Waals surface area (Å²) >= 11 is 0. The predicted octanol–water partition coefficient (Wildman–Crippen LogP) is 1.20. The molecule has 0 aliphatic carbocycles. The maximum Gasteiger partial charge on any atom is 0.165 e. The van der Waals surface area contributed by atoms with Crippen molar-refractivity contribution in [2.75, 3.05) is 52.5 Å². The van der Waals surface area contributed by atoms with Crippen molar-refractivity contribution in [1.82, 2.24) is 9.80 Å². The fraction of sp³-hybridized carbons (Fsp3) is 0.600. The smallest absolute Gasteiger partial charge is 0.165 e. The Bertz CT molecular complexity index is 403. The zero-order chi connectivity index (χ0) is 14.2. The summed E-state index contributed by atoms with van der Waals surface area (Å²) in [6.45, 7) is 6.28. The van der Waals surface area contributed by atoms with E-state index in [1.165, 1.54) is 6.07 Å². The molecule has 0 unspecified atom stereocenters. The van der Waals surface area contributed by atoms with Gasteiger partial charge in [0.15, 0.2) is 11.6 Å². The second-order valence-corrected chi connectivity index (χ2v) is 5.04. The molecule has 1 heterocycles. The lowest BCUT2D eigenvalue weighted by Gasteiger charge is -2.21. The molecule has 1 aromatic carbocycles. The quantitative estimate of drug-likeness (QED) is 0.850. The van der Waals surface area contributed by atoms with E-state index in [2.05, 4.69) is 9.80 Å². The first-order valence-corrected chi connectivity index (χ1v) is 7.22. The molecule has 2 rings (SSSR count). The van der Waals surface area contributed by atoms with Crippen LogP contribution < -0.4 is 4.74 Å². The number of benzene rings is 1. The summed E-state index contributed by atoms with van der Waals surface area (Å²) in [5.41, 5.74) is 0. The van der Waals surface area contributed by atoms with E-state index in [0.29, 0.717) is 12.4 Å². The summed E-state index contributed by atoms with van der Waals surface area (Å²) in [5.74, 6) is 0.0155. The van der Waals surface area contributed by atoms with Crippen LogP contribution in [0.4, 0.5) is 4.39 Å². The van der Waals surface area contributed by atoms with E-state index in [4.69, 9.17) is 9.84 Å². The van der Waals surface area contributed by atoms with Crippen LogP contribution in [-0.2, 0) is 0 Å². The van der Waals surface area contributed by atoms with Gasteiger partial charge in [0.05, 0.1) is 6.61 Å². The van der Waals surface area contributed by atoms with Gasteiger partial charge in [0, 0.05) is 26.2 Å². The molecule has 1 aliphatic rings. The van der Waals surface area contributed by atoms with E-state index in [0.717, 1.165) is 45.7 Å². The van der Waals surface area contributed by atoms with Crippen molar-refractivity contribution < 1.29 is 14.2 Å². The number of aliphatic hydroxyl groups excluding tert-OH is 1. The summed E-state index contributed by atoms with van der Waals surface area (Å²) in [5, 5.41) is 8.96. The maximum atomic E-state index is 13.4. The normalized spacial score (nSPS) is 17.9. The van der Waals surface area contributed by atoms with E-state index in [-0.39, 0.29) is 12.4 Å². The standard InChI is InChI=1S/C15H23FN2O2/c16-14-4-1-2-5-15(14)20-13-11-18-7-3-6-17(8-9-18)10-12-19/h1-2,4-5,19H,3,6-13H2. The number of β-amino-alcohol motifs (C(OH)–C–C–N with tert-alkyl or cyclic N) is 1. The van der Waals surface area contributed by atoms with Gasteiger partial charge in [-0.1, -0.05) is 12.1 Å². The van der Waals surface area contributed by atoms with Crippen molar-refractivity contribution in [1.29, 1.82) is 0 Å². The van der Waals surface area contributed by atoms with Crippen LogP contribution in [0.2, 0.25) is 0 Å². The molecule has 5 heteroatoms. The summed E-state index contributed by atoms with van der Waals surface area (Å²) in [7, 11) is 0. The number of hydrogen-bond acceptors (Lipinski definition) is 4. The zero-order valence-electron chi connectivity index (χ0n) is 11.8. The fourth-order valence-electron chi connectivity index (χ4n) is 2.46. The third-order valence-electron chi connectivity index (χ3n) is 3.60. The molecule has 0 amide bonds. The first-order chi connectivity index (χ1) is 9.79. The summed E-state index contributed by atoms with van der Waals surface area (Å²) in [4.78, 5) is 4.61. The Hall–Kier alpha value is -1.17. The van der Waals surface area contributed by atoms with Crippen LogP contribution in [0.25, 0.3) is 0 Å². The molecule has 0 saturated carbocycles. The Balaban J connectivity index is 1.70. The lowest BCUT2D eigenvalue weighted by Crippen LogP contribution is -2.34. The van der Waals surface area contributed by atoms with Gasteiger partial charge in [0.25, 0.3) is 0 Å². The van der Waals surface area contributed by atoms with Gasteiger partial charge in [-0.2, -0.15) is 0 Å². The molecule has 0 bridgehead atoms. The molecule has 0 spiro atoms. The van der Waals surface area contributed by atoms with Crippen molar-refractivity contribution in [2.45, 2.75) is 6.42 Å². The molecular weight excluding hydrogens is 259 g/mol. The van der Waals surface area contributed by atoms with Crippen molar-refractivity contribution in [3.05, 3.63) is 30.1 Å².